The normalized spacial score (nSPS) is 14.5. The molecule has 0 radical (unpaired) electrons. The van der Waals surface area contributed by atoms with Crippen LogP contribution in [0.4, 0.5) is 0 Å². The van der Waals surface area contributed by atoms with Crippen molar-refractivity contribution in [3.05, 3.63) is 0 Å². The van der Waals surface area contributed by atoms with Crippen LogP contribution < -0.4 is 11.1 Å². The fraction of sp³-hybridized carbons (Fsp3) is 0.900. The molecule has 0 spiro atoms. The average Bonchev–Trinajstić information content (AvgIpc) is 2.22. The zero-order chi connectivity index (χ0) is 11.7. The largest absolute Gasteiger partial charge is 0.409 e. The molecule has 5 heteroatoms. The monoisotopic (exact) mass is 217 g/mol. The molecule has 0 aromatic rings. The third-order valence-electron chi connectivity index (χ3n) is 1.97. The second-order valence-electron chi connectivity index (χ2n) is 3.91. The molecule has 90 valence electrons. The lowest BCUT2D eigenvalue weighted by Gasteiger charge is -2.15. The minimum atomic E-state index is -0.0716. The molecule has 0 rings (SSSR count). The SMILES string of the molecule is CCC(NCCOCC(C)C)C(N)=NO. The third-order valence-corrected chi connectivity index (χ3v) is 1.97. The summed E-state index contributed by atoms with van der Waals surface area (Å²) in [7, 11) is 0. The van der Waals surface area contributed by atoms with Crippen LogP contribution in [0, 0.1) is 5.92 Å². The summed E-state index contributed by atoms with van der Waals surface area (Å²) < 4.78 is 5.40. The summed E-state index contributed by atoms with van der Waals surface area (Å²) in [4.78, 5) is 0. The van der Waals surface area contributed by atoms with Gasteiger partial charge in [0.1, 0.15) is 0 Å². The van der Waals surface area contributed by atoms with Gasteiger partial charge in [-0.15, -0.1) is 0 Å². The van der Waals surface area contributed by atoms with Gasteiger partial charge in [0, 0.05) is 13.2 Å². The van der Waals surface area contributed by atoms with Gasteiger partial charge in [-0.05, 0) is 12.3 Å². The van der Waals surface area contributed by atoms with Crippen LogP contribution in [-0.2, 0) is 4.74 Å². The quantitative estimate of drug-likeness (QED) is 0.184. The minimum absolute atomic E-state index is 0.0716. The Balaban J connectivity index is 3.56. The Morgan fingerprint density at radius 2 is 2.20 bits per heavy atom. The highest BCUT2D eigenvalue weighted by atomic mass is 16.5. The highest BCUT2D eigenvalue weighted by Crippen LogP contribution is 1.93. The van der Waals surface area contributed by atoms with Gasteiger partial charge < -0.3 is 21.0 Å². The fourth-order valence-corrected chi connectivity index (χ4v) is 1.15. The van der Waals surface area contributed by atoms with Crippen molar-refractivity contribution in [3.8, 4) is 0 Å². The Hall–Kier alpha value is -0.810. The first-order chi connectivity index (χ1) is 7.11. The molecular weight excluding hydrogens is 194 g/mol. The van der Waals surface area contributed by atoms with Crippen molar-refractivity contribution in [2.45, 2.75) is 33.2 Å². The van der Waals surface area contributed by atoms with Crippen LogP contribution in [0.25, 0.3) is 0 Å². The molecule has 0 aliphatic rings. The van der Waals surface area contributed by atoms with E-state index >= 15 is 0 Å². The predicted molar refractivity (Wildman–Crippen MR) is 61.1 cm³/mol. The number of nitrogens with one attached hydrogen (secondary N) is 1. The van der Waals surface area contributed by atoms with E-state index in [9.17, 15) is 0 Å². The molecule has 0 aromatic carbocycles. The molecule has 0 amide bonds. The van der Waals surface area contributed by atoms with Crippen molar-refractivity contribution in [1.29, 1.82) is 0 Å². The number of hydrogen-bond acceptors (Lipinski definition) is 4. The lowest BCUT2D eigenvalue weighted by atomic mass is 10.2. The maximum atomic E-state index is 8.50. The van der Waals surface area contributed by atoms with Gasteiger partial charge in [-0.1, -0.05) is 25.9 Å². The summed E-state index contributed by atoms with van der Waals surface area (Å²) in [6.07, 6.45) is 0.792. The van der Waals surface area contributed by atoms with Crippen LogP contribution in [0.5, 0.6) is 0 Å². The number of nitrogens with two attached hydrogens (primary N) is 1. The van der Waals surface area contributed by atoms with Gasteiger partial charge in [0.05, 0.1) is 12.6 Å². The molecule has 4 N–H and O–H groups in total. The molecular formula is C10H23N3O2. The Bertz CT molecular complexity index is 184. The average molecular weight is 217 g/mol. The molecule has 0 aliphatic heterocycles. The predicted octanol–water partition coefficient (Wildman–Crippen LogP) is 0.774. The van der Waals surface area contributed by atoms with E-state index in [1.54, 1.807) is 0 Å². The lowest BCUT2D eigenvalue weighted by molar-refractivity contribution is 0.111. The van der Waals surface area contributed by atoms with Crippen molar-refractivity contribution in [3.63, 3.8) is 0 Å². The van der Waals surface area contributed by atoms with E-state index in [0.717, 1.165) is 13.0 Å². The number of rotatable bonds is 8. The summed E-state index contributed by atoms with van der Waals surface area (Å²) in [5, 5.41) is 14.6. The standard InChI is InChI=1S/C10H23N3O2/c1-4-9(10(11)13-14)12-5-6-15-7-8(2)3/h8-9,12,14H,4-7H2,1-3H3,(H2,11,13). The topological polar surface area (TPSA) is 79.9 Å². The summed E-state index contributed by atoms with van der Waals surface area (Å²) >= 11 is 0. The molecule has 15 heavy (non-hydrogen) atoms. The van der Waals surface area contributed by atoms with Crippen molar-refractivity contribution >= 4 is 5.84 Å². The first-order valence-electron chi connectivity index (χ1n) is 5.40. The van der Waals surface area contributed by atoms with Crippen molar-refractivity contribution in [2.24, 2.45) is 16.8 Å². The number of ether oxygens (including phenoxy) is 1. The zero-order valence-electron chi connectivity index (χ0n) is 9.86. The molecule has 5 nitrogen and oxygen atoms in total. The van der Waals surface area contributed by atoms with Gasteiger partial charge in [0.2, 0.25) is 0 Å². The van der Waals surface area contributed by atoms with Crippen LogP contribution >= 0.6 is 0 Å². The number of amidine groups is 1. The van der Waals surface area contributed by atoms with Crippen molar-refractivity contribution in [1.82, 2.24) is 5.32 Å². The third kappa shape index (κ3) is 7.16. The lowest BCUT2D eigenvalue weighted by Crippen LogP contribution is -2.42. The molecule has 0 saturated carbocycles. The fourth-order valence-electron chi connectivity index (χ4n) is 1.15. The van der Waals surface area contributed by atoms with Gasteiger partial charge in [-0.25, -0.2) is 0 Å². The van der Waals surface area contributed by atoms with E-state index in [0.29, 0.717) is 19.1 Å². The zero-order valence-corrected chi connectivity index (χ0v) is 9.86. The Labute approximate surface area is 91.7 Å². The molecule has 1 unspecified atom stereocenters. The van der Waals surface area contributed by atoms with Gasteiger partial charge in [0.25, 0.3) is 0 Å². The van der Waals surface area contributed by atoms with Gasteiger partial charge in [-0.3, -0.25) is 0 Å². The maximum Gasteiger partial charge on any atom is 0.156 e. The molecule has 0 aliphatic carbocycles. The minimum Gasteiger partial charge on any atom is -0.409 e. The smallest absolute Gasteiger partial charge is 0.156 e. The number of hydrogen-bond donors (Lipinski definition) is 3. The second-order valence-corrected chi connectivity index (χ2v) is 3.91. The second kappa shape index (κ2) is 8.49. The summed E-state index contributed by atoms with van der Waals surface area (Å²) in [5.74, 6) is 0.775. The Kier molecular flexibility index (Phi) is 8.04. The van der Waals surface area contributed by atoms with Crippen LogP contribution in [0.15, 0.2) is 5.16 Å². The summed E-state index contributed by atoms with van der Waals surface area (Å²) in [5.41, 5.74) is 5.49. The molecule has 0 bridgehead atoms. The molecule has 0 heterocycles. The Morgan fingerprint density at radius 3 is 2.67 bits per heavy atom. The van der Waals surface area contributed by atoms with E-state index < -0.39 is 0 Å². The van der Waals surface area contributed by atoms with Crippen LogP contribution in [0.2, 0.25) is 0 Å². The van der Waals surface area contributed by atoms with Crippen LogP contribution in [-0.4, -0.2) is 36.8 Å². The highest BCUT2D eigenvalue weighted by Gasteiger charge is 2.09. The maximum absolute atomic E-state index is 8.50. The van der Waals surface area contributed by atoms with Gasteiger partial charge in [0.15, 0.2) is 5.84 Å². The highest BCUT2D eigenvalue weighted by molar-refractivity contribution is 5.85. The van der Waals surface area contributed by atoms with E-state index in [1.165, 1.54) is 0 Å². The number of nitrogens with zero attached hydrogens (tertiary/aromatic N) is 1. The summed E-state index contributed by atoms with van der Waals surface area (Å²) in [6.45, 7) is 8.32. The van der Waals surface area contributed by atoms with E-state index in [2.05, 4.69) is 24.3 Å². The van der Waals surface area contributed by atoms with Gasteiger partial charge in [-0.2, -0.15) is 0 Å². The van der Waals surface area contributed by atoms with E-state index in [1.807, 2.05) is 6.92 Å². The first-order valence-corrected chi connectivity index (χ1v) is 5.40. The van der Waals surface area contributed by atoms with Crippen LogP contribution in [0.1, 0.15) is 27.2 Å². The molecule has 1 atom stereocenters. The molecule has 0 fully saturated rings. The summed E-state index contributed by atoms with van der Waals surface area (Å²) in [6, 6.07) is -0.0716. The number of oxime groups is 1. The van der Waals surface area contributed by atoms with E-state index in [4.69, 9.17) is 15.7 Å². The van der Waals surface area contributed by atoms with Crippen molar-refractivity contribution in [2.75, 3.05) is 19.8 Å². The molecule has 0 aromatic heterocycles. The van der Waals surface area contributed by atoms with Gasteiger partial charge >= 0.3 is 0 Å². The Morgan fingerprint density at radius 1 is 1.53 bits per heavy atom. The first kappa shape index (κ1) is 14.2. The van der Waals surface area contributed by atoms with Crippen molar-refractivity contribution < 1.29 is 9.94 Å². The van der Waals surface area contributed by atoms with Crippen LogP contribution in [0.3, 0.4) is 0 Å². The van der Waals surface area contributed by atoms with E-state index in [-0.39, 0.29) is 11.9 Å². The molecule has 0 saturated heterocycles.